The van der Waals surface area contributed by atoms with Crippen molar-refractivity contribution in [3.63, 3.8) is 0 Å². The van der Waals surface area contributed by atoms with Crippen LogP contribution in [-0.2, 0) is 0 Å². The molecular formula is C17H18FN3OS. The minimum Gasteiger partial charge on any atom is -0.353 e. The summed E-state index contributed by atoms with van der Waals surface area (Å²) in [7, 11) is 0. The first-order valence-corrected chi connectivity index (χ1v) is 8.48. The lowest BCUT2D eigenvalue weighted by molar-refractivity contribution is 0.628. The van der Waals surface area contributed by atoms with Crippen LogP contribution in [0.3, 0.4) is 0 Å². The fourth-order valence-corrected chi connectivity index (χ4v) is 3.45. The number of hydrogen-bond acceptors (Lipinski definition) is 4. The molecule has 2 N–H and O–H groups in total. The molecule has 0 atom stereocenters. The Kier molecular flexibility index (Phi) is 4.43. The quantitative estimate of drug-likeness (QED) is 0.729. The molecule has 0 bridgehead atoms. The van der Waals surface area contributed by atoms with E-state index in [0.717, 1.165) is 23.3 Å². The highest BCUT2D eigenvalue weighted by molar-refractivity contribution is 7.22. The van der Waals surface area contributed by atoms with E-state index in [9.17, 15) is 9.18 Å². The fraction of sp³-hybridized carbons (Fsp3) is 0.294. The van der Waals surface area contributed by atoms with E-state index in [2.05, 4.69) is 29.1 Å². The third-order valence-corrected chi connectivity index (χ3v) is 5.01. The highest BCUT2D eigenvalue weighted by Crippen LogP contribution is 2.31. The first kappa shape index (κ1) is 15.7. The minimum absolute atomic E-state index is 0.151. The van der Waals surface area contributed by atoms with Gasteiger partial charge in [-0.15, -0.1) is 11.3 Å². The zero-order chi connectivity index (χ0) is 16.4. The van der Waals surface area contributed by atoms with Crippen LogP contribution in [0, 0.1) is 5.82 Å². The van der Waals surface area contributed by atoms with Crippen molar-refractivity contribution in [2.75, 3.05) is 5.32 Å². The predicted octanol–water partition coefficient (Wildman–Crippen LogP) is 4.39. The van der Waals surface area contributed by atoms with Crippen LogP contribution in [0.5, 0.6) is 0 Å². The molecule has 2 heterocycles. The number of aromatic amines is 1. The van der Waals surface area contributed by atoms with Gasteiger partial charge >= 0.3 is 0 Å². The molecular weight excluding hydrogens is 313 g/mol. The van der Waals surface area contributed by atoms with Crippen LogP contribution < -0.4 is 10.9 Å². The molecule has 1 aromatic carbocycles. The number of nitrogens with one attached hydrogen (secondary N) is 2. The topological polar surface area (TPSA) is 57.8 Å². The Bertz CT molecular complexity index is 866. The molecule has 0 aliphatic rings. The second kappa shape index (κ2) is 6.50. The van der Waals surface area contributed by atoms with Gasteiger partial charge in [-0.1, -0.05) is 26.0 Å². The Morgan fingerprint density at radius 3 is 2.61 bits per heavy atom. The lowest BCUT2D eigenvalue weighted by atomic mass is 10.2. The van der Waals surface area contributed by atoms with Gasteiger partial charge in [0.15, 0.2) is 0 Å². The van der Waals surface area contributed by atoms with Crippen molar-refractivity contribution in [3.8, 4) is 10.4 Å². The average molecular weight is 331 g/mol. The molecule has 0 fully saturated rings. The molecule has 6 heteroatoms. The Morgan fingerprint density at radius 2 is 1.96 bits per heavy atom. The molecule has 0 aliphatic carbocycles. The molecule has 120 valence electrons. The van der Waals surface area contributed by atoms with Crippen molar-refractivity contribution in [2.45, 2.75) is 32.7 Å². The van der Waals surface area contributed by atoms with Gasteiger partial charge in [0.1, 0.15) is 10.5 Å². The molecule has 0 amide bonds. The van der Waals surface area contributed by atoms with Crippen molar-refractivity contribution in [3.05, 3.63) is 46.5 Å². The van der Waals surface area contributed by atoms with Crippen molar-refractivity contribution >= 4 is 27.5 Å². The normalized spacial score (nSPS) is 11.3. The Morgan fingerprint density at radius 1 is 1.26 bits per heavy atom. The number of fused-ring (bicyclic) bond motifs is 1. The van der Waals surface area contributed by atoms with Gasteiger partial charge in [-0.05, 0) is 36.6 Å². The molecule has 0 aliphatic heterocycles. The standard InChI is InChI=1S/C17H18FN3OS/c1-3-12(4-2)19-17-20-13-9-14(23-15(13)16(22)21-17)10-5-7-11(18)8-6-10/h5-9,12H,3-4H2,1-2H3,(H2,19,20,21,22). The van der Waals surface area contributed by atoms with Crippen molar-refractivity contribution in [1.82, 2.24) is 9.97 Å². The van der Waals surface area contributed by atoms with E-state index >= 15 is 0 Å². The van der Waals surface area contributed by atoms with Gasteiger partial charge in [-0.3, -0.25) is 9.78 Å². The number of aromatic nitrogens is 2. The van der Waals surface area contributed by atoms with Crippen LogP contribution in [0.4, 0.5) is 10.3 Å². The molecule has 3 rings (SSSR count). The highest BCUT2D eigenvalue weighted by Gasteiger charge is 2.12. The number of hydrogen-bond donors (Lipinski definition) is 2. The van der Waals surface area contributed by atoms with Gasteiger partial charge in [-0.2, -0.15) is 0 Å². The summed E-state index contributed by atoms with van der Waals surface area (Å²) in [5.41, 5.74) is 1.39. The smallest absolute Gasteiger partial charge is 0.270 e. The first-order chi connectivity index (χ1) is 11.1. The van der Waals surface area contributed by atoms with Gasteiger partial charge in [0, 0.05) is 10.9 Å². The third-order valence-electron chi connectivity index (χ3n) is 3.84. The van der Waals surface area contributed by atoms with Gasteiger partial charge < -0.3 is 5.32 Å². The summed E-state index contributed by atoms with van der Waals surface area (Å²) in [5, 5.41) is 3.26. The lowest BCUT2D eigenvalue weighted by Gasteiger charge is -2.14. The summed E-state index contributed by atoms with van der Waals surface area (Å²) in [4.78, 5) is 20.5. The van der Waals surface area contributed by atoms with Crippen LogP contribution in [-0.4, -0.2) is 16.0 Å². The monoisotopic (exact) mass is 331 g/mol. The zero-order valence-corrected chi connectivity index (χ0v) is 13.8. The van der Waals surface area contributed by atoms with E-state index in [-0.39, 0.29) is 17.4 Å². The molecule has 3 aromatic rings. The van der Waals surface area contributed by atoms with Crippen LogP contribution >= 0.6 is 11.3 Å². The Labute approximate surface area is 137 Å². The maximum absolute atomic E-state index is 13.0. The number of halogens is 1. The summed E-state index contributed by atoms with van der Waals surface area (Å²) >= 11 is 1.37. The highest BCUT2D eigenvalue weighted by atomic mass is 32.1. The second-order valence-corrected chi connectivity index (χ2v) is 6.46. The minimum atomic E-state index is -0.275. The van der Waals surface area contributed by atoms with E-state index in [4.69, 9.17) is 0 Å². The average Bonchev–Trinajstić information content (AvgIpc) is 2.98. The second-order valence-electron chi connectivity index (χ2n) is 5.40. The number of rotatable bonds is 5. The fourth-order valence-electron chi connectivity index (χ4n) is 2.45. The van der Waals surface area contributed by atoms with Gasteiger partial charge in [0.25, 0.3) is 5.56 Å². The molecule has 0 saturated heterocycles. The van der Waals surface area contributed by atoms with E-state index in [1.165, 1.54) is 23.5 Å². The van der Waals surface area contributed by atoms with Crippen molar-refractivity contribution in [2.24, 2.45) is 0 Å². The third kappa shape index (κ3) is 3.27. The number of thiophene rings is 1. The van der Waals surface area contributed by atoms with Crippen molar-refractivity contribution in [1.29, 1.82) is 0 Å². The Balaban J connectivity index is 2.00. The van der Waals surface area contributed by atoms with Gasteiger partial charge in [0.2, 0.25) is 5.95 Å². The molecule has 0 radical (unpaired) electrons. The zero-order valence-electron chi connectivity index (χ0n) is 13.0. The molecule has 23 heavy (non-hydrogen) atoms. The number of H-pyrrole nitrogens is 1. The maximum Gasteiger partial charge on any atom is 0.270 e. The van der Waals surface area contributed by atoms with Crippen LogP contribution in [0.2, 0.25) is 0 Å². The summed E-state index contributed by atoms with van der Waals surface area (Å²) < 4.78 is 13.6. The maximum atomic E-state index is 13.0. The van der Waals surface area contributed by atoms with Gasteiger partial charge in [0.05, 0.1) is 5.52 Å². The Hall–Kier alpha value is -2.21. The van der Waals surface area contributed by atoms with Crippen molar-refractivity contribution < 1.29 is 4.39 Å². The molecule has 0 saturated carbocycles. The summed E-state index contributed by atoms with van der Waals surface area (Å²) in [5.74, 6) is 0.224. The van der Waals surface area contributed by atoms with Crippen LogP contribution in [0.1, 0.15) is 26.7 Å². The number of nitrogens with zero attached hydrogens (tertiary/aromatic N) is 1. The van der Waals surface area contributed by atoms with E-state index in [0.29, 0.717) is 16.2 Å². The van der Waals surface area contributed by atoms with Crippen LogP contribution in [0.25, 0.3) is 20.7 Å². The molecule has 0 unspecified atom stereocenters. The lowest BCUT2D eigenvalue weighted by Crippen LogP contribution is -2.21. The molecule has 0 spiro atoms. The summed E-state index contributed by atoms with van der Waals surface area (Å²) in [6, 6.07) is 8.40. The largest absolute Gasteiger partial charge is 0.353 e. The van der Waals surface area contributed by atoms with Gasteiger partial charge in [-0.25, -0.2) is 9.37 Å². The first-order valence-electron chi connectivity index (χ1n) is 7.67. The summed E-state index contributed by atoms with van der Waals surface area (Å²) in [6.07, 6.45) is 1.92. The number of benzene rings is 1. The number of anilines is 1. The molecule has 4 nitrogen and oxygen atoms in total. The van der Waals surface area contributed by atoms with E-state index in [1.54, 1.807) is 12.1 Å². The van der Waals surface area contributed by atoms with E-state index in [1.807, 2.05) is 6.07 Å². The molecule has 2 aromatic heterocycles. The SMILES string of the molecule is CCC(CC)Nc1nc2cc(-c3ccc(F)cc3)sc2c(=O)[nH]1. The summed E-state index contributed by atoms with van der Waals surface area (Å²) in [6.45, 7) is 4.18. The van der Waals surface area contributed by atoms with Crippen LogP contribution in [0.15, 0.2) is 35.1 Å². The predicted molar refractivity (Wildman–Crippen MR) is 93.6 cm³/mol. The van der Waals surface area contributed by atoms with E-state index < -0.39 is 0 Å².